The molecule has 4 aromatic rings. The van der Waals surface area contributed by atoms with Crippen LogP contribution in [-0.2, 0) is 16.0 Å². The summed E-state index contributed by atoms with van der Waals surface area (Å²) in [6.45, 7) is 0.0217. The van der Waals surface area contributed by atoms with E-state index in [1.807, 2.05) is 36.4 Å². The van der Waals surface area contributed by atoms with Crippen LogP contribution in [0, 0.1) is 0 Å². The fourth-order valence-electron chi connectivity index (χ4n) is 3.73. The Labute approximate surface area is 206 Å². The number of pyridine rings is 1. The van der Waals surface area contributed by atoms with Gasteiger partial charge in [0.05, 0.1) is 13.7 Å². The van der Waals surface area contributed by atoms with Gasteiger partial charge < -0.3 is 14.5 Å². The van der Waals surface area contributed by atoms with E-state index in [1.54, 1.807) is 43.5 Å². The number of hydrogen-bond acceptors (Lipinski definition) is 4. The molecule has 0 aliphatic carbocycles. The van der Waals surface area contributed by atoms with E-state index in [-0.39, 0.29) is 18.6 Å². The largest absolute Gasteiger partial charge is 0.497 e. The molecule has 1 heterocycles. The maximum atomic E-state index is 13.0. The smallest absolute Gasteiger partial charge is 0.330 e. The van der Waals surface area contributed by atoms with Crippen LogP contribution in [0.1, 0.15) is 11.1 Å². The van der Waals surface area contributed by atoms with Crippen LogP contribution >= 0.6 is 23.2 Å². The minimum atomic E-state index is -0.512. The number of rotatable bonds is 7. The van der Waals surface area contributed by atoms with Gasteiger partial charge in [-0.3, -0.25) is 4.79 Å². The van der Waals surface area contributed by atoms with E-state index in [0.717, 1.165) is 10.9 Å². The maximum Gasteiger partial charge on any atom is 0.330 e. The molecule has 1 N–H and O–H groups in total. The van der Waals surface area contributed by atoms with Crippen molar-refractivity contribution < 1.29 is 14.3 Å². The normalized spacial score (nSPS) is 11.1. The van der Waals surface area contributed by atoms with E-state index in [1.165, 1.54) is 6.08 Å². The molecule has 3 aromatic carbocycles. The van der Waals surface area contributed by atoms with Crippen molar-refractivity contribution in [2.75, 3.05) is 13.7 Å². The number of methoxy groups -OCH3 is 1. The molecule has 0 saturated heterocycles. The fraction of sp³-hybridized carbons (Fsp3) is 0.111. The van der Waals surface area contributed by atoms with Crippen molar-refractivity contribution in [3.8, 4) is 16.9 Å². The Morgan fingerprint density at radius 1 is 1.03 bits per heavy atom. The zero-order chi connectivity index (χ0) is 24.1. The number of aromatic nitrogens is 1. The van der Waals surface area contributed by atoms with Gasteiger partial charge in [-0.05, 0) is 48.0 Å². The van der Waals surface area contributed by atoms with Crippen molar-refractivity contribution in [1.29, 1.82) is 0 Å². The number of ether oxygens (including phenoxy) is 2. The van der Waals surface area contributed by atoms with E-state index >= 15 is 0 Å². The molecule has 7 heteroatoms. The lowest BCUT2D eigenvalue weighted by Crippen LogP contribution is -2.17. The number of carbonyl (C=O) groups excluding carboxylic acids is 1. The number of nitrogens with one attached hydrogen (secondary N) is 1. The Morgan fingerprint density at radius 2 is 1.85 bits per heavy atom. The Kier molecular flexibility index (Phi) is 7.36. The van der Waals surface area contributed by atoms with Crippen LogP contribution < -0.4 is 10.3 Å². The van der Waals surface area contributed by atoms with Gasteiger partial charge in [-0.25, -0.2) is 4.79 Å². The molecule has 0 unspecified atom stereocenters. The topological polar surface area (TPSA) is 68.4 Å². The zero-order valence-corrected chi connectivity index (χ0v) is 19.8. The summed E-state index contributed by atoms with van der Waals surface area (Å²) in [5.74, 6) is 0.181. The van der Waals surface area contributed by atoms with Crippen molar-refractivity contribution in [2.45, 2.75) is 6.42 Å². The highest BCUT2D eigenvalue weighted by atomic mass is 35.5. The number of halogens is 2. The van der Waals surface area contributed by atoms with Crippen LogP contribution in [0.2, 0.25) is 10.0 Å². The first-order chi connectivity index (χ1) is 16.5. The number of carbonyl (C=O) groups is 1. The summed E-state index contributed by atoms with van der Waals surface area (Å²) in [6.07, 6.45) is 3.19. The van der Waals surface area contributed by atoms with Crippen LogP contribution in [0.3, 0.4) is 0 Å². The number of benzene rings is 3. The summed E-state index contributed by atoms with van der Waals surface area (Å²) < 4.78 is 10.5. The van der Waals surface area contributed by atoms with Gasteiger partial charge in [-0.15, -0.1) is 0 Å². The third kappa shape index (κ3) is 5.33. The summed E-state index contributed by atoms with van der Waals surface area (Å²) in [4.78, 5) is 28.1. The fourth-order valence-corrected chi connectivity index (χ4v) is 4.13. The van der Waals surface area contributed by atoms with Gasteiger partial charge in [-0.1, -0.05) is 53.5 Å². The van der Waals surface area contributed by atoms with Crippen molar-refractivity contribution in [2.24, 2.45) is 0 Å². The quantitative estimate of drug-likeness (QED) is 0.242. The molecule has 0 atom stereocenters. The molecular formula is C27H21Cl2NO4. The first kappa shape index (κ1) is 23.6. The minimum absolute atomic E-state index is 0.0217. The van der Waals surface area contributed by atoms with E-state index in [2.05, 4.69) is 4.98 Å². The summed E-state index contributed by atoms with van der Waals surface area (Å²) in [7, 11) is 1.58. The molecule has 172 valence electrons. The van der Waals surface area contributed by atoms with Crippen molar-refractivity contribution in [3.05, 3.63) is 104 Å². The predicted molar refractivity (Wildman–Crippen MR) is 137 cm³/mol. The number of hydrogen-bond donors (Lipinski definition) is 1. The number of fused-ring (bicyclic) bond motifs is 1. The second-order valence-electron chi connectivity index (χ2n) is 7.50. The second kappa shape index (κ2) is 10.6. The summed E-state index contributed by atoms with van der Waals surface area (Å²) in [5.41, 5.74) is 3.03. The minimum Gasteiger partial charge on any atom is -0.497 e. The summed E-state index contributed by atoms with van der Waals surface area (Å²) >= 11 is 12.7. The van der Waals surface area contributed by atoms with Gasteiger partial charge in [0.15, 0.2) is 0 Å². The third-order valence-electron chi connectivity index (χ3n) is 5.32. The number of aromatic amines is 1. The van der Waals surface area contributed by atoms with Crippen LogP contribution in [-0.4, -0.2) is 24.7 Å². The Balaban J connectivity index is 1.59. The highest BCUT2D eigenvalue weighted by molar-refractivity contribution is 6.34. The molecule has 0 saturated carbocycles. The first-order valence-electron chi connectivity index (χ1n) is 10.5. The predicted octanol–water partition coefficient (Wildman–Crippen LogP) is 6.31. The van der Waals surface area contributed by atoms with Gasteiger partial charge in [-0.2, -0.15) is 0 Å². The molecule has 0 spiro atoms. The van der Waals surface area contributed by atoms with Gasteiger partial charge in [0.25, 0.3) is 5.56 Å². The molecule has 0 radical (unpaired) electrons. The van der Waals surface area contributed by atoms with Gasteiger partial charge in [0.2, 0.25) is 0 Å². The van der Waals surface area contributed by atoms with Crippen molar-refractivity contribution in [3.63, 3.8) is 0 Å². The number of H-pyrrole nitrogens is 1. The second-order valence-corrected chi connectivity index (χ2v) is 8.35. The average Bonchev–Trinajstić information content (AvgIpc) is 2.84. The Hall–Kier alpha value is -3.54. The molecule has 5 nitrogen and oxygen atoms in total. The molecule has 0 fully saturated rings. The maximum absolute atomic E-state index is 13.0. The standard InChI is InChI=1S/C27H21Cl2NO4/c1-33-19-6-4-5-17(15-19)9-12-25(31)34-14-13-21-26(20-7-2-3-8-23(20)29)22-16-18(28)10-11-24(22)30-27(21)32/h2-12,15-16H,13-14H2,1H3,(H,30,32)/b12-9+. The zero-order valence-electron chi connectivity index (χ0n) is 18.3. The van der Waals surface area contributed by atoms with Crippen LogP contribution in [0.15, 0.2) is 77.6 Å². The monoisotopic (exact) mass is 493 g/mol. The highest BCUT2D eigenvalue weighted by Crippen LogP contribution is 2.35. The molecule has 0 aliphatic rings. The van der Waals surface area contributed by atoms with Crippen LogP contribution in [0.4, 0.5) is 0 Å². The molecule has 1 aromatic heterocycles. The molecule has 34 heavy (non-hydrogen) atoms. The lowest BCUT2D eigenvalue weighted by atomic mass is 9.94. The summed E-state index contributed by atoms with van der Waals surface area (Å²) in [6, 6.07) is 19.9. The van der Waals surface area contributed by atoms with E-state index in [9.17, 15) is 9.59 Å². The van der Waals surface area contributed by atoms with Gasteiger partial charge in [0, 0.05) is 50.1 Å². The van der Waals surface area contributed by atoms with Crippen LogP contribution in [0.5, 0.6) is 5.75 Å². The van der Waals surface area contributed by atoms with E-state index < -0.39 is 5.97 Å². The average molecular weight is 494 g/mol. The lowest BCUT2D eigenvalue weighted by molar-refractivity contribution is -0.137. The van der Waals surface area contributed by atoms with E-state index in [0.29, 0.717) is 38.0 Å². The van der Waals surface area contributed by atoms with Crippen molar-refractivity contribution >= 4 is 46.2 Å². The molecular weight excluding hydrogens is 473 g/mol. The molecule has 0 amide bonds. The van der Waals surface area contributed by atoms with Gasteiger partial charge >= 0.3 is 5.97 Å². The van der Waals surface area contributed by atoms with E-state index in [4.69, 9.17) is 32.7 Å². The number of esters is 1. The van der Waals surface area contributed by atoms with Crippen molar-refractivity contribution in [1.82, 2.24) is 4.98 Å². The SMILES string of the molecule is COc1cccc(/C=C/C(=O)OCCc2c(-c3ccccc3Cl)c3cc(Cl)ccc3[nH]c2=O)c1. The van der Waals surface area contributed by atoms with Crippen LogP contribution in [0.25, 0.3) is 28.1 Å². The highest BCUT2D eigenvalue weighted by Gasteiger charge is 2.17. The first-order valence-corrected chi connectivity index (χ1v) is 11.3. The molecule has 4 rings (SSSR count). The Morgan fingerprint density at radius 3 is 2.65 bits per heavy atom. The molecule has 0 aliphatic heterocycles. The van der Waals surface area contributed by atoms with Gasteiger partial charge in [0.1, 0.15) is 5.75 Å². The Bertz CT molecular complexity index is 1440. The molecule has 0 bridgehead atoms. The lowest BCUT2D eigenvalue weighted by Gasteiger charge is -2.14. The third-order valence-corrected chi connectivity index (χ3v) is 5.88. The summed E-state index contributed by atoms with van der Waals surface area (Å²) in [5, 5.41) is 1.81.